The Balaban J connectivity index is 1.50. The van der Waals surface area contributed by atoms with Crippen LogP contribution in [0, 0.1) is 5.82 Å². The molecule has 3 aromatic rings. The van der Waals surface area contributed by atoms with E-state index >= 15 is 0 Å². The second kappa shape index (κ2) is 14.4. The van der Waals surface area contributed by atoms with Crippen LogP contribution in [0.5, 0.6) is 0 Å². The molecule has 1 saturated carbocycles. The Kier molecular flexibility index (Phi) is 10.6. The number of carbonyl (C=O) groups is 2. The van der Waals surface area contributed by atoms with E-state index in [2.05, 4.69) is 5.32 Å². The van der Waals surface area contributed by atoms with Gasteiger partial charge >= 0.3 is 0 Å². The minimum atomic E-state index is -0.653. The van der Waals surface area contributed by atoms with Crippen LogP contribution in [0.2, 0.25) is 5.02 Å². The zero-order valence-electron chi connectivity index (χ0n) is 21.5. The number of nitrogens with one attached hydrogen (secondary N) is 1. The van der Waals surface area contributed by atoms with Crippen molar-refractivity contribution in [2.24, 2.45) is 0 Å². The molecule has 7 heteroatoms. The molecule has 1 N–H and O–H groups in total. The van der Waals surface area contributed by atoms with Crippen LogP contribution in [-0.2, 0) is 22.6 Å². The summed E-state index contributed by atoms with van der Waals surface area (Å²) in [4.78, 5) is 30.1. The largest absolute Gasteiger partial charge is 0.352 e. The third-order valence-corrected chi connectivity index (χ3v) is 8.21. The molecule has 0 spiro atoms. The van der Waals surface area contributed by atoms with E-state index in [4.69, 9.17) is 11.6 Å². The highest BCUT2D eigenvalue weighted by atomic mass is 35.5. The number of thioether (sulfide) groups is 1. The quantitative estimate of drug-likeness (QED) is 0.193. The number of hydrogen-bond acceptors (Lipinski definition) is 3. The maximum absolute atomic E-state index is 13.7. The predicted octanol–water partition coefficient (Wildman–Crippen LogP) is 7.05. The number of benzene rings is 3. The molecule has 1 aliphatic carbocycles. The average Bonchev–Trinajstić information content (AvgIpc) is 3.44. The summed E-state index contributed by atoms with van der Waals surface area (Å²) < 4.78 is 13.6. The SMILES string of the molecule is O=C(NC1CCCC1)[C@@H](Cc1ccccc1)N(Cc1ccc(F)cc1)C(=O)CCCSc1ccc(Cl)cc1. The van der Waals surface area contributed by atoms with Crippen LogP contribution in [0.4, 0.5) is 4.39 Å². The zero-order chi connectivity index (χ0) is 26.7. The Labute approximate surface area is 234 Å². The molecule has 4 rings (SSSR count). The van der Waals surface area contributed by atoms with E-state index < -0.39 is 6.04 Å². The molecule has 200 valence electrons. The summed E-state index contributed by atoms with van der Waals surface area (Å²) in [5.74, 6) is 0.251. The smallest absolute Gasteiger partial charge is 0.243 e. The third kappa shape index (κ3) is 8.60. The molecule has 0 saturated heterocycles. The summed E-state index contributed by atoms with van der Waals surface area (Å²) in [5, 5.41) is 3.91. The number of halogens is 2. The highest BCUT2D eigenvalue weighted by molar-refractivity contribution is 7.99. The monoisotopic (exact) mass is 552 g/mol. The minimum absolute atomic E-state index is 0.0754. The summed E-state index contributed by atoms with van der Waals surface area (Å²) in [6.07, 6.45) is 5.58. The Morgan fingerprint density at radius 2 is 1.63 bits per heavy atom. The van der Waals surface area contributed by atoms with Crippen molar-refractivity contribution >= 4 is 35.2 Å². The van der Waals surface area contributed by atoms with Gasteiger partial charge in [-0.1, -0.05) is 66.9 Å². The van der Waals surface area contributed by atoms with Crippen LogP contribution in [0.1, 0.15) is 49.7 Å². The number of rotatable bonds is 12. The number of hydrogen-bond donors (Lipinski definition) is 1. The molecule has 0 radical (unpaired) electrons. The van der Waals surface area contributed by atoms with Crippen molar-refractivity contribution in [1.82, 2.24) is 10.2 Å². The van der Waals surface area contributed by atoms with Gasteiger partial charge in [0.05, 0.1) is 0 Å². The Hall–Kier alpha value is -2.83. The molecule has 4 nitrogen and oxygen atoms in total. The highest BCUT2D eigenvalue weighted by Crippen LogP contribution is 2.23. The molecule has 0 aliphatic heterocycles. The van der Waals surface area contributed by atoms with Crippen molar-refractivity contribution in [3.05, 3.63) is 101 Å². The lowest BCUT2D eigenvalue weighted by Gasteiger charge is -2.32. The van der Waals surface area contributed by atoms with E-state index in [1.165, 1.54) is 12.1 Å². The molecular formula is C31H34ClFN2O2S. The van der Waals surface area contributed by atoms with Crippen molar-refractivity contribution in [2.45, 2.75) is 68.5 Å². The molecule has 0 heterocycles. The number of amides is 2. The van der Waals surface area contributed by atoms with Gasteiger partial charge in [-0.2, -0.15) is 0 Å². The maximum Gasteiger partial charge on any atom is 0.243 e. The first-order chi connectivity index (χ1) is 18.5. The molecule has 3 aromatic carbocycles. The van der Waals surface area contributed by atoms with Gasteiger partial charge in [-0.25, -0.2) is 4.39 Å². The van der Waals surface area contributed by atoms with E-state index in [0.29, 0.717) is 24.3 Å². The third-order valence-electron chi connectivity index (χ3n) is 6.86. The first-order valence-electron chi connectivity index (χ1n) is 13.2. The fourth-order valence-electron chi connectivity index (χ4n) is 4.80. The van der Waals surface area contributed by atoms with Crippen molar-refractivity contribution in [2.75, 3.05) is 5.75 Å². The maximum atomic E-state index is 13.7. The molecule has 1 aliphatic rings. The molecule has 1 fully saturated rings. The van der Waals surface area contributed by atoms with Crippen LogP contribution in [-0.4, -0.2) is 34.6 Å². The summed E-state index contributed by atoms with van der Waals surface area (Å²) >= 11 is 7.65. The standard InChI is InChI=1S/C31H34ClFN2O2S/c32-25-14-18-28(19-15-25)38-20-6-11-30(36)35(22-24-12-16-26(33)17-13-24)29(21-23-7-2-1-3-8-23)31(37)34-27-9-4-5-10-27/h1-3,7-8,12-19,27,29H,4-6,9-11,20-22H2,(H,34,37)/t29-/m1/s1. The first kappa shape index (κ1) is 28.2. The number of nitrogens with zero attached hydrogens (tertiary/aromatic N) is 1. The van der Waals surface area contributed by atoms with Gasteiger partial charge < -0.3 is 10.2 Å². The molecular weight excluding hydrogens is 519 g/mol. The Morgan fingerprint density at radius 1 is 0.947 bits per heavy atom. The average molecular weight is 553 g/mol. The van der Waals surface area contributed by atoms with Crippen LogP contribution >= 0.6 is 23.4 Å². The van der Waals surface area contributed by atoms with Gasteiger partial charge in [-0.3, -0.25) is 9.59 Å². The van der Waals surface area contributed by atoms with Gasteiger partial charge in [0.1, 0.15) is 11.9 Å². The topological polar surface area (TPSA) is 49.4 Å². The van der Waals surface area contributed by atoms with Crippen molar-refractivity contribution < 1.29 is 14.0 Å². The minimum Gasteiger partial charge on any atom is -0.352 e. The van der Waals surface area contributed by atoms with Crippen LogP contribution < -0.4 is 5.32 Å². The molecule has 38 heavy (non-hydrogen) atoms. The van der Waals surface area contributed by atoms with E-state index in [-0.39, 0.29) is 30.2 Å². The summed E-state index contributed by atoms with van der Waals surface area (Å²) in [5.41, 5.74) is 1.79. The fraction of sp³-hybridized carbons (Fsp3) is 0.355. The van der Waals surface area contributed by atoms with Crippen molar-refractivity contribution in [3.8, 4) is 0 Å². The second-order valence-corrected chi connectivity index (χ2v) is 11.4. The predicted molar refractivity (Wildman–Crippen MR) is 153 cm³/mol. The van der Waals surface area contributed by atoms with Gasteiger partial charge in [0.15, 0.2) is 0 Å². The summed E-state index contributed by atoms with van der Waals surface area (Å²) in [6, 6.07) is 23.1. The van der Waals surface area contributed by atoms with Gasteiger partial charge in [-0.15, -0.1) is 11.8 Å². The van der Waals surface area contributed by atoms with Crippen LogP contribution in [0.3, 0.4) is 0 Å². The lowest BCUT2D eigenvalue weighted by atomic mass is 10.0. The molecule has 1 atom stereocenters. The summed E-state index contributed by atoms with van der Waals surface area (Å²) in [7, 11) is 0. The lowest BCUT2D eigenvalue weighted by molar-refractivity contribution is -0.141. The highest BCUT2D eigenvalue weighted by Gasteiger charge is 2.31. The molecule has 2 amide bonds. The van der Waals surface area contributed by atoms with Crippen LogP contribution in [0.25, 0.3) is 0 Å². The Bertz CT molecular complexity index is 1170. The second-order valence-electron chi connectivity index (χ2n) is 9.75. The van der Waals surface area contributed by atoms with E-state index in [9.17, 15) is 14.0 Å². The van der Waals surface area contributed by atoms with Gasteiger partial charge in [0, 0.05) is 35.3 Å². The van der Waals surface area contributed by atoms with E-state index in [0.717, 1.165) is 47.5 Å². The lowest BCUT2D eigenvalue weighted by Crippen LogP contribution is -2.52. The fourth-order valence-corrected chi connectivity index (χ4v) is 5.77. The molecule has 0 bridgehead atoms. The van der Waals surface area contributed by atoms with E-state index in [1.54, 1.807) is 28.8 Å². The van der Waals surface area contributed by atoms with E-state index in [1.807, 2.05) is 54.6 Å². The van der Waals surface area contributed by atoms with Gasteiger partial charge in [0.25, 0.3) is 0 Å². The van der Waals surface area contributed by atoms with Gasteiger partial charge in [0.2, 0.25) is 11.8 Å². The zero-order valence-corrected chi connectivity index (χ0v) is 23.0. The molecule has 0 unspecified atom stereocenters. The van der Waals surface area contributed by atoms with Crippen molar-refractivity contribution in [1.29, 1.82) is 0 Å². The van der Waals surface area contributed by atoms with Crippen molar-refractivity contribution in [3.63, 3.8) is 0 Å². The number of carbonyl (C=O) groups excluding carboxylic acids is 2. The normalized spacial score (nSPS) is 14.3. The summed E-state index contributed by atoms with van der Waals surface area (Å²) in [6.45, 7) is 0.249. The Morgan fingerprint density at radius 3 is 2.32 bits per heavy atom. The van der Waals surface area contributed by atoms with Gasteiger partial charge in [-0.05, 0) is 72.5 Å². The van der Waals surface area contributed by atoms with Crippen LogP contribution in [0.15, 0.2) is 83.8 Å². The molecule has 0 aromatic heterocycles. The first-order valence-corrected chi connectivity index (χ1v) is 14.6.